The van der Waals surface area contributed by atoms with Crippen molar-refractivity contribution in [2.75, 3.05) is 19.7 Å². The molecule has 1 amide bonds. The minimum atomic E-state index is 0.00430. The fourth-order valence-corrected chi connectivity index (χ4v) is 2.01. The molecule has 6 nitrogen and oxygen atoms in total. The molecular formula is C16H27N3O3. The number of aldehydes is 1. The van der Waals surface area contributed by atoms with E-state index in [1.807, 2.05) is 4.90 Å². The van der Waals surface area contributed by atoms with Gasteiger partial charge in [0.25, 0.3) is 5.91 Å². The van der Waals surface area contributed by atoms with Crippen molar-refractivity contribution in [3.8, 4) is 0 Å². The Morgan fingerprint density at radius 3 is 2.55 bits per heavy atom. The van der Waals surface area contributed by atoms with E-state index in [4.69, 9.17) is 4.84 Å². The van der Waals surface area contributed by atoms with Crippen LogP contribution in [0.2, 0.25) is 0 Å². The van der Waals surface area contributed by atoms with Crippen LogP contribution in [-0.4, -0.2) is 46.7 Å². The van der Waals surface area contributed by atoms with Crippen molar-refractivity contribution in [2.24, 2.45) is 0 Å². The zero-order valence-corrected chi connectivity index (χ0v) is 13.7. The average Bonchev–Trinajstić information content (AvgIpc) is 3.00. The number of carbonyl (C=O) groups excluding carboxylic acids is 2. The van der Waals surface area contributed by atoms with Crippen LogP contribution in [0.5, 0.6) is 0 Å². The third kappa shape index (κ3) is 6.28. The standard InChI is InChI=1S/C16H27N3O3/c1-3-5-9-18(10-6-4-2)16(21)15-13-17-19(14-15)22-12-8-7-11-20/h11,13-14H,3-10,12H2,1-2H3. The molecule has 0 atom stereocenters. The van der Waals surface area contributed by atoms with Gasteiger partial charge >= 0.3 is 0 Å². The van der Waals surface area contributed by atoms with Gasteiger partial charge in [-0.1, -0.05) is 26.7 Å². The first-order valence-electron chi connectivity index (χ1n) is 8.13. The fourth-order valence-electron chi connectivity index (χ4n) is 2.01. The highest BCUT2D eigenvalue weighted by Crippen LogP contribution is 2.07. The second kappa shape index (κ2) is 10.8. The number of hydrogen-bond acceptors (Lipinski definition) is 4. The molecule has 0 radical (unpaired) electrons. The van der Waals surface area contributed by atoms with Gasteiger partial charge in [-0.15, -0.1) is 9.94 Å². The van der Waals surface area contributed by atoms with Crippen LogP contribution in [-0.2, 0) is 4.79 Å². The van der Waals surface area contributed by atoms with Crippen molar-refractivity contribution in [3.63, 3.8) is 0 Å². The van der Waals surface area contributed by atoms with E-state index in [1.54, 1.807) is 6.20 Å². The molecule has 0 fully saturated rings. The number of unbranched alkanes of at least 4 members (excludes halogenated alkanes) is 3. The molecular weight excluding hydrogens is 282 g/mol. The predicted molar refractivity (Wildman–Crippen MR) is 84.7 cm³/mol. The Balaban J connectivity index is 2.56. The largest absolute Gasteiger partial charge is 0.397 e. The Bertz CT molecular complexity index is 438. The summed E-state index contributed by atoms with van der Waals surface area (Å²) in [5.74, 6) is 0.00430. The zero-order chi connectivity index (χ0) is 16.2. The predicted octanol–water partition coefficient (Wildman–Crippen LogP) is 2.33. The summed E-state index contributed by atoms with van der Waals surface area (Å²) in [6, 6.07) is 0. The summed E-state index contributed by atoms with van der Waals surface area (Å²) in [6.45, 7) is 6.20. The maximum Gasteiger partial charge on any atom is 0.257 e. The summed E-state index contributed by atoms with van der Waals surface area (Å²) in [4.78, 5) is 31.3. The van der Waals surface area contributed by atoms with Crippen molar-refractivity contribution in [1.82, 2.24) is 14.8 Å². The third-order valence-electron chi connectivity index (χ3n) is 3.35. The number of aromatic nitrogens is 2. The lowest BCUT2D eigenvalue weighted by atomic mass is 10.2. The van der Waals surface area contributed by atoms with E-state index in [1.165, 1.54) is 11.0 Å². The van der Waals surface area contributed by atoms with Gasteiger partial charge in [0.2, 0.25) is 0 Å². The van der Waals surface area contributed by atoms with Gasteiger partial charge in [-0.2, -0.15) is 0 Å². The first-order valence-corrected chi connectivity index (χ1v) is 8.13. The van der Waals surface area contributed by atoms with Crippen molar-refractivity contribution < 1.29 is 14.4 Å². The average molecular weight is 309 g/mol. The molecule has 0 spiro atoms. The zero-order valence-electron chi connectivity index (χ0n) is 13.7. The number of amides is 1. The lowest BCUT2D eigenvalue weighted by molar-refractivity contribution is -0.108. The van der Waals surface area contributed by atoms with Gasteiger partial charge in [0.15, 0.2) is 0 Å². The summed E-state index contributed by atoms with van der Waals surface area (Å²) in [5.41, 5.74) is 0.544. The minimum Gasteiger partial charge on any atom is -0.397 e. The van der Waals surface area contributed by atoms with E-state index in [2.05, 4.69) is 18.9 Å². The molecule has 22 heavy (non-hydrogen) atoms. The molecule has 0 saturated carbocycles. The highest BCUT2D eigenvalue weighted by atomic mass is 16.7. The Morgan fingerprint density at radius 1 is 1.27 bits per heavy atom. The molecule has 124 valence electrons. The Kier molecular flexibility index (Phi) is 8.95. The molecule has 1 aromatic heterocycles. The second-order valence-electron chi connectivity index (χ2n) is 5.27. The molecule has 0 bridgehead atoms. The van der Waals surface area contributed by atoms with Crippen LogP contribution in [0.1, 0.15) is 62.7 Å². The van der Waals surface area contributed by atoms with E-state index in [0.29, 0.717) is 25.0 Å². The highest BCUT2D eigenvalue weighted by molar-refractivity contribution is 5.93. The minimum absolute atomic E-state index is 0.00430. The van der Waals surface area contributed by atoms with E-state index in [-0.39, 0.29) is 5.91 Å². The molecule has 0 saturated heterocycles. The monoisotopic (exact) mass is 309 g/mol. The molecule has 0 aliphatic heterocycles. The van der Waals surface area contributed by atoms with Crippen molar-refractivity contribution in [3.05, 3.63) is 18.0 Å². The molecule has 0 N–H and O–H groups in total. The quantitative estimate of drug-likeness (QED) is 0.439. The molecule has 1 rings (SSSR count). The van der Waals surface area contributed by atoms with Gasteiger partial charge in [0, 0.05) is 19.5 Å². The molecule has 1 heterocycles. The highest BCUT2D eigenvalue weighted by Gasteiger charge is 2.17. The summed E-state index contributed by atoms with van der Waals surface area (Å²) in [5, 5.41) is 4.04. The molecule has 6 heteroatoms. The summed E-state index contributed by atoms with van der Waals surface area (Å²) >= 11 is 0. The SMILES string of the molecule is CCCCN(CCCC)C(=O)c1cnn(OCCCC=O)c1. The summed E-state index contributed by atoms with van der Waals surface area (Å²) in [7, 11) is 0. The molecule has 0 aromatic carbocycles. The van der Waals surface area contributed by atoms with Crippen LogP contribution in [0.15, 0.2) is 12.4 Å². The number of carbonyl (C=O) groups is 2. The van der Waals surface area contributed by atoms with E-state index in [0.717, 1.165) is 45.1 Å². The van der Waals surface area contributed by atoms with Gasteiger partial charge in [0.1, 0.15) is 12.9 Å². The normalized spacial score (nSPS) is 10.5. The molecule has 0 unspecified atom stereocenters. The van der Waals surface area contributed by atoms with Crippen LogP contribution in [0.25, 0.3) is 0 Å². The van der Waals surface area contributed by atoms with Crippen LogP contribution >= 0.6 is 0 Å². The van der Waals surface area contributed by atoms with Gasteiger partial charge in [-0.05, 0) is 19.3 Å². The third-order valence-corrected chi connectivity index (χ3v) is 3.35. The van der Waals surface area contributed by atoms with Crippen LogP contribution in [0, 0.1) is 0 Å². The first-order chi connectivity index (χ1) is 10.7. The van der Waals surface area contributed by atoms with Gasteiger partial charge in [-0.25, -0.2) is 0 Å². The van der Waals surface area contributed by atoms with E-state index in [9.17, 15) is 9.59 Å². The maximum absolute atomic E-state index is 12.5. The molecule has 1 aromatic rings. The first kappa shape index (κ1) is 18.2. The van der Waals surface area contributed by atoms with Crippen molar-refractivity contribution >= 4 is 12.2 Å². The van der Waals surface area contributed by atoms with Gasteiger partial charge in [-0.3, -0.25) is 4.79 Å². The van der Waals surface area contributed by atoms with Crippen LogP contribution < -0.4 is 4.84 Å². The van der Waals surface area contributed by atoms with Crippen molar-refractivity contribution in [2.45, 2.75) is 52.4 Å². The van der Waals surface area contributed by atoms with Crippen LogP contribution in [0.3, 0.4) is 0 Å². The topological polar surface area (TPSA) is 64.4 Å². The smallest absolute Gasteiger partial charge is 0.257 e. The Labute approximate surface area is 132 Å². The molecule has 0 aliphatic rings. The second-order valence-corrected chi connectivity index (χ2v) is 5.27. The maximum atomic E-state index is 12.5. The Hall–Kier alpha value is -1.85. The lowest BCUT2D eigenvalue weighted by Gasteiger charge is -2.21. The lowest BCUT2D eigenvalue weighted by Crippen LogP contribution is -2.32. The molecule has 0 aliphatic carbocycles. The Morgan fingerprint density at radius 2 is 1.95 bits per heavy atom. The summed E-state index contributed by atoms with van der Waals surface area (Å²) in [6.07, 6.45) is 9.25. The number of hydrogen-bond donors (Lipinski definition) is 0. The van der Waals surface area contributed by atoms with Crippen molar-refractivity contribution in [1.29, 1.82) is 0 Å². The number of nitrogens with zero attached hydrogens (tertiary/aromatic N) is 3. The van der Waals surface area contributed by atoms with E-state index < -0.39 is 0 Å². The van der Waals surface area contributed by atoms with Gasteiger partial charge < -0.3 is 14.5 Å². The summed E-state index contributed by atoms with van der Waals surface area (Å²) < 4.78 is 0. The fraction of sp³-hybridized carbons (Fsp3) is 0.688. The van der Waals surface area contributed by atoms with E-state index >= 15 is 0 Å². The van der Waals surface area contributed by atoms with Gasteiger partial charge in [0.05, 0.1) is 18.0 Å². The number of rotatable bonds is 12. The van der Waals surface area contributed by atoms with Crippen LogP contribution in [0.4, 0.5) is 0 Å².